The van der Waals surface area contributed by atoms with E-state index in [0.717, 1.165) is 0 Å². The second kappa shape index (κ2) is 9.54. The van der Waals surface area contributed by atoms with Gasteiger partial charge in [0, 0.05) is 0 Å². The van der Waals surface area contributed by atoms with Crippen molar-refractivity contribution in [2.24, 2.45) is 5.92 Å². The highest BCUT2D eigenvalue weighted by atomic mass is 16.5. The van der Waals surface area contributed by atoms with Gasteiger partial charge < -0.3 is 24.3 Å². The lowest BCUT2D eigenvalue weighted by atomic mass is 10.0. The second-order valence-electron chi connectivity index (χ2n) is 6.05. The van der Waals surface area contributed by atoms with E-state index in [1.165, 1.54) is 27.4 Å². The highest BCUT2D eigenvalue weighted by Gasteiger charge is 2.26. The van der Waals surface area contributed by atoms with Crippen LogP contribution in [-0.2, 0) is 9.53 Å². The topological polar surface area (TPSA) is 109 Å². The monoisotopic (exact) mass is 389 g/mol. The van der Waals surface area contributed by atoms with Crippen LogP contribution in [0.4, 0.5) is 0 Å². The maximum absolute atomic E-state index is 12.7. The van der Waals surface area contributed by atoms with Crippen molar-refractivity contribution in [2.45, 2.75) is 19.9 Å². The first-order valence-electron chi connectivity index (χ1n) is 8.52. The standard InChI is InChI=1S/C19H23N3O6/c1-11(2)16(18(24)27-5)22-17(23)12-8-6-7-9-13(12)28-19-20-14(25-3)10-15(21-19)26-4/h6-11,16H,1-5H3,(H,22,23)/t16-/m0/s1. The SMILES string of the molecule is COC(=O)[C@@H](NC(=O)c1ccccc1Oc1nc(OC)cc(OC)n1)C(C)C. The number of esters is 1. The number of benzene rings is 1. The third kappa shape index (κ3) is 5.09. The summed E-state index contributed by atoms with van der Waals surface area (Å²) in [7, 11) is 4.17. The third-order valence-corrected chi connectivity index (χ3v) is 3.82. The van der Waals surface area contributed by atoms with Crippen LogP contribution in [0.25, 0.3) is 0 Å². The van der Waals surface area contributed by atoms with Crippen LogP contribution in [0.5, 0.6) is 23.5 Å². The highest BCUT2D eigenvalue weighted by molar-refractivity contribution is 5.99. The van der Waals surface area contributed by atoms with Crippen molar-refractivity contribution < 1.29 is 28.5 Å². The van der Waals surface area contributed by atoms with Crippen molar-refractivity contribution in [1.82, 2.24) is 15.3 Å². The summed E-state index contributed by atoms with van der Waals surface area (Å²) in [5, 5.41) is 2.67. The molecule has 0 saturated carbocycles. The molecule has 0 radical (unpaired) electrons. The Labute approximate surface area is 163 Å². The van der Waals surface area contributed by atoms with Crippen LogP contribution in [0.3, 0.4) is 0 Å². The molecule has 0 aliphatic rings. The summed E-state index contributed by atoms with van der Waals surface area (Å²) in [6, 6.07) is 7.18. The third-order valence-electron chi connectivity index (χ3n) is 3.82. The van der Waals surface area contributed by atoms with Crippen molar-refractivity contribution in [2.75, 3.05) is 21.3 Å². The molecule has 2 aromatic rings. The molecule has 0 aliphatic heterocycles. The van der Waals surface area contributed by atoms with Crippen LogP contribution in [0, 0.1) is 5.92 Å². The Hall–Kier alpha value is -3.36. The maximum Gasteiger partial charge on any atom is 0.328 e. The first kappa shape index (κ1) is 20.9. The Morgan fingerprint density at radius 1 is 1.00 bits per heavy atom. The van der Waals surface area contributed by atoms with Crippen LogP contribution < -0.4 is 19.5 Å². The van der Waals surface area contributed by atoms with Crippen LogP contribution >= 0.6 is 0 Å². The van der Waals surface area contributed by atoms with Crippen molar-refractivity contribution in [3.05, 3.63) is 35.9 Å². The van der Waals surface area contributed by atoms with Crippen LogP contribution in [0.2, 0.25) is 0 Å². The zero-order valence-electron chi connectivity index (χ0n) is 16.4. The zero-order chi connectivity index (χ0) is 20.7. The normalized spacial score (nSPS) is 11.5. The molecule has 0 aliphatic carbocycles. The van der Waals surface area contributed by atoms with Gasteiger partial charge in [0.2, 0.25) is 11.8 Å². The number of aromatic nitrogens is 2. The highest BCUT2D eigenvalue weighted by Crippen LogP contribution is 2.26. The predicted octanol–water partition coefficient (Wildman–Crippen LogP) is 2.21. The zero-order valence-corrected chi connectivity index (χ0v) is 16.4. The van der Waals surface area contributed by atoms with Gasteiger partial charge in [-0.3, -0.25) is 4.79 Å². The average molecular weight is 389 g/mol. The number of amides is 1. The van der Waals surface area contributed by atoms with Gasteiger partial charge in [0.15, 0.2) is 0 Å². The van der Waals surface area contributed by atoms with E-state index in [-0.39, 0.29) is 35.0 Å². The van der Waals surface area contributed by atoms with Gasteiger partial charge >= 0.3 is 12.0 Å². The molecular weight excluding hydrogens is 366 g/mol. The van der Waals surface area contributed by atoms with Crippen LogP contribution in [-0.4, -0.2) is 49.2 Å². The quantitative estimate of drug-likeness (QED) is 0.685. The molecule has 0 unspecified atom stereocenters. The number of ether oxygens (including phenoxy) is 4. The van der Waals surface area contributed by atoms with Gasteiger partial charge in [0.25, 0.3) is 5.91 Å². The fourth-order valence-corrected chi connectivity index (χ4v) is 2.32. The Balaban J connectivity index is 2.30. The summed E-state index contributed by atoms with van der Waals surface area (Å²) in [5.41, 5.74) is 0.211. The molecule has 2 rings (SSSR count). The maximum atomic E-state index is 12.7. The van der Waals surface area contributed by atoms with Crippen LogP contribution in [0.1, 0.15) is 24.2 Å². The minimum absolute atomic E-state index is 0.0511. The Bertz CT molecular complexity index is 818. The second-order valence-corrected chi connectivity index (χ2v) is 6.05. The van der Waals surface area contributed by atoms with Crippen molar-refractivity contribution in [3.63, 3.8) is 0 Å². The van der Waals surface area contributed by atoms with Gasteiger partial charge in [0.1, 0.15) is 11.8 Å². The number of hydrogen-bond donors (Lipinski definition) is 1. The average Bonchev–Trinajstić information content (AvgIpc) is 2.71. The number of carbonyl (C=O) groups excluding carboxylic acids is 2. The van der Waals surface area contributed by atoms with E-state index < -0.39 is 17.9 Å². The van der Waals surface area contributed by atoms with E-state index in [4.69, 9.17) is 18.9 Å². The van der Waals surface area contributed by atoms with Gasteiger partial charge in [-0.2, -0.15) is 9.97 Å². The number of methoxy groups -OCH3 is 3. The molecule has 0 saturated heterocycles. The fourth-order valence-electron chi connectivity index (χ4n) is 2.32. The first-order chi connectivity index (χ1) is 13.4. The molecule has 1 heterocycles. The summed E-state index contributed by atoms with van der Waals surface area (Å²) < 4.78 is 20.6. The minimum atomic E-state index is -0.793. The lowest BCUT2D eigenvalue weighted by Crippen LogP contribution is -2.45. The summed E-state index contributed by atoms with van der Waals surface area (Å²) in [4.78, 5) is 32.8. The van der Waals surface area contributed by atoms with Gasteiger partial charge in [-0.25, -0.2) is 4.79 Å². The lowest BCUT2D eigenvalue weighted by molar-refractivity contribution is -0.144. The van der Waals surface area contributed by atoms with E-state index in [2.05, 4.69) is 15.3 Å². The largest absolute Gasteiger partial charge is 0.481 e. The molecule has 28 heavy (non-hydrogen) atoms. The molecule has 1 amide bonds. The number of hydrogen-bond acceptors (Lipinski definition) is 8. The van der Waals surface area contributed by atoms with E-state index in [1.807, 2.05) is 0 Å². The number of rotatable bonds is 8. The number of nitrogens with one attached hydrogen (secondary N) is 1. The van der Waals surface area contributed by atoms with Crippen molar-refractivity contribution >= 4 is 11.9 Å². The smallest absolute Gasteiger partial charge is 0.328 e. The first-order valence-corrected chi connectivity index (χ1v) is 8.52. The molecule has 1 aromatic heterocycles. The van der Waals surface area contributed by atoms with Gasteiger partial charge in [0.05, 0.1) is 33.0 Å². The van der Waals surface area contributed by atoms with E-state index in [0.29, 0.717) is 0 Å². The van der Waals surface area contributed by atoms with Crippen molar-refractivity contribution in [1.29, 1.82) is 0 Å². The predicted molar refractivity (Wildman–Crippen MR) is 99.8 cm³/mol. The Morgan fingerprint density at radius 3 is 2.14 bits per heavy atom. The summed E-state index contributed by atoms with van der Waals surface area (Å²) in [6.45, 7) is 3.61. The Morgan fingerprint density at radius 2 is 1.61 bits per heavy atom. The summed E-state index contributed by atoms with van der Waals surface area (Å²) in [5.74, 6) is -0.473. The van der Waals surface area contributed by atoms with Gasteiger partial charge in [-0.05, 0) is 18.1 Å². The molecule has 150 valence electrons. The summed E-state index contributed by atoms with van der Waals surface area (Å²) >= 11 is 0. The van der Waals surface area contributed by atoms with E-state index >= 15 is 0 Å². The molecule has 9 heteroatoms. The van der Waals surface area contributed by atoms with E-state index in [9.17, 15) is 9.59 Å². The molecule has 1 aromatic carbocycles. The Kier molecular flexibility index (Phi) is 7.14. The van der Waals surface area contributed by atoms with Crippen molar-refractivity contribution in [3.8, 4) is 23.5 Å². The molecule has 9 nitrogen and oxygen atoms in total. The molecular formula is C19H23N3O6. The molecule has 1 N–H and O–H groups in total. The number of nitrogens with zero attached hydrogens (tertiary/aromatic N) is 2. The lowest BCUT2D eigenvalue weighted by Gasteiger charge is -2.20. The molecule has 0 bridgehead atoms. The minimum Gasteiger partial charge on any atom is -0.481 e. The number of para-hydroxylation sites is 1. The van der Waals surface area contributed by atoms with Gasteiger partial charge in [-0.15, -0.1) is 0 Å². The molecule has 0 spiro atoms. The van der Waals surface area contributed by atoms with Gasteiger partial charge in [-0.1, -0.05) is 26.0 Å². The van der Waals surface area contributed by atoms with Crippen LogP contribution in [0.15, 0.2) is 30.3 Å². The molecule has 0 fully saturated rings. The number of carbonyl (C=O) groups is 2. The summed E-state index contributed by atoms with van der Waals surface area (Å²) in [6.07, 6.45) is 0. The molecule has 1 atom stereocenters. The fraction of sp³-hybridized carbons (Fsp3) is 0.368. The van der Waals surface area contributed by atoms with E-state index in [1.54, 1.807) is 38.1 Å².